The van der Waals surface area contributed by atoms with Gasteiger partial charge in [0, 0.05) is 24.6 Å². The number of hydrogen-bond donors (Lipinski definition) is 2. The lowest BCUT2D eigenvalue weighted by atomic mass is 10.2. The summed E-state index contributed by atoms with van der Waals surface area (Å²) in [6.45, 7) is -0.134. The van der Waals surface area contributed by atoms with Gasteiger partial charge in [-0.2, -0.15) is 13.2 Å². The van der Waals surface area contributed by atoms with Crippen molar-refractivity contribution < 1.29 is 27.9 Å². The Balaban J connectivity index is 2.46. The van der Waals surface area contributed by atoms with Gasteiger partial charge >= 0.3 is 11.5 Å². The number of rotatable bonds is 6. The Morgan fingerprint density at radius 1 is 1.38 bits per heavy atom. The summed E-state index contributed by atoms with van der Waals surface area (Å²) >= 11 is -0.217. The van der Waals surface area contributed by atoms with Gasteiger partial charge in [-0.25, -0.2) is 4.79 Å². The van der Waals surface area contributed by atoms with Crippen LogP contribution in [-0.4, -0.2) is 39.8 Å². The third-order valence-electron chi connectivity index (χ3n) is 2.09. The van der Waals surface area contributed by atoms with Crippen LogP contribution in [0.1, 0.15) is 16.1 Å². The van der Waals surface area contributed by atoms with Crippen molar-refractivity contribution in [1.29, 1.82) is 0 Å². The number of carbonyl (C=O) groups is 2. The number of halogens is 3. The Hall–Kier alpha value is -2.03. The third-order valence-corrected chi connectivity index (χ3v) is 2.83. The number of nitrogens with zero attached hydrogens (tertiary/aromatic N) is 1. The molecule has 0 atom stereocenters. The average molecular weight is 320 g/mol. The maximum Gasteiger partial charge on any atom is 0.441 e. The number of hydrogen-bond acceptors (Lipinski definition) is 4. The maximum absolute atomic E-state index is 11.9. The summed E-state index contributed by atoms with van der Waals surface area (Å²) in [6, 6.07) is 2.83. The van der Waals surface area contributed by atoms with E-state index in [0.29, 0.717) is 5.56 Å². The van der Waals surface area contributed by atoms with Crippen molar-refractivity contribution in [2.45, 2.75) is 5.51 Å². The number of aliphatic carboxylic acids is 1. The molecule has 1 aromatic heterocycles. The molecule has 0 aliphatic rings. The molecule has 0 fully saturated rings. The van der Waals surface area contributed by atoms with Crippen molar-refractivity contribution in [2.75, 3.05) is 12.3 Å². The first kappa shape index (κ1) is 17.0. The molecule has 0 spiro atoms. The van der Waals surface area contributed by atoms with Gasteiger partial charge in [-0.05, 0) is 29.5 Å². The van der Waals surface area contributed by atoms with E-state index in [1.807, 2.05) is 0 Å². The highest BCUT2D eigenvalue weighted by Gasteiger charge is 2.27. The normalized spacial score (nSPS) is 11.6. The highest BCUT2D eigenvalue weighted by molar-refractivity contribution is 8.00. The van der Waals surface area contributed by atoms with E-state index in [1.54, 1.807) is 0 Å². The number of aromatic nitrogens is 1. The Morgan fingerprint density at radius 2 is 2.10 bits per heavy atom. The summed E-state index contributed by atoms with van der Waals surface area (Å²) in [5.74, 6) is -1.99. The highest BCUT2D eigenvalue weighted by Crippen LogP contribution is 2.29. The fraction of sp³-hybridized carbons (Fsp3) is 0.250. The zero-order chi connectivity index (χ0) is 15.9. The van der Waals surface area contributed by atoms with Crippen LogP contribution in [0.4, 0.5) is 13.2 Å². The number of nitrogens with one attached hydrogen (secondary N) is 1. The smallest absolute Gasteiger partial charge is 0.441 e. The molecule has 0 unspecified atom stereocenters. The van der Waals surface area contributed by atoms with Crippen molar-refractivity contribution in [1.82, 2.24) is 10.3 Å². The van der Waals surface area contributed by atoms with E-state index in [0.717, 1.165) is 6.08 Å². The molecule has 1 rings (SSSR count). The second kappa shape index (κ2) is 7.67. The van der Waals surface area contributed by atoms with Crippen LogP contribution in [-0.2, 0) is 4.79 Å². The fourth-order valence-corrected chi connectivity index (χ4v) is 1.66. The summed E-state index contributed by atoms with van der Waals surface area (Å²) in [5.41, 5.74) is -3.79. The monoisotopic (exact) mass is 320 g/mol. The number of thioether (sulfide) groups is 1. The van der Waals surface area contributed by atoms with Gasteiger partial charge in [0.1, 0.15) is 5.69 Å². The maximum atomic E-state index is 11.9. The summed E-state index contributed by atoms with van der Waals surface area (Å²) in [4.78, 5) is 25.7. The number of carboxylic acids is 1. The molecule has 0 aromatic carbocycles. The van der Waals surface area contributed by atoms with Gasteiger partial charge in [0.2, 0.25) is 0 Å². The quantitative estimate of drug-likeness (QED) is 0.620. The molecule has 0 aliphatic heterocycles. The molecular formula is C12H11F3N2O3S. The largest absolute Gasteiger partial charge is 0.478 e. The first-order valence-corrected chi connectivity index (χ1v) is 6.62. The van der Waals surface area contributed by atoms with Crippen LogP contribution in [0, 0.1) is 0 Å². The number of carboxylic acid groups (broad SMARTS) is 1. The first-order chi connectivity index (χ1) is 9.78. The zero-order valence-corrected chi connectivity index (χ0v) is 11.4. The summed E-state index contributed by atoms with van der Waals surface area (Å²) in [5, 5.41) is 10.7. The minimum Gasteiger partial charge on any atom is -0.478 e. The van der Waals surface area contributed by atoms with Crippen LogP contribution in [0.2, 0.25) is 0 Å². The molecule has 0 saturated carbocycles. The van der Waals surface area contributed by atoms with Crippen LogP contribution in [0.3, 0.4) is 0 Å². The van der Waals surface area contributed by atoms with E-state index in [-0.39, 0.29) is 29.8 Å². The summed E-state index contributed by atoms with van der Waals surface area (Å²) < 4.78 is 35.6. The molecule has 1 heterocycles. The van der Waals surface area contributed by atoms with Gasteiger partial charge in [0.25, 0.3) is 5.91 Å². The SMILES string of the molecule is O=C(O)/C=C/c1ccc(C(=O)NCCSC(F)(F)F)nc1. The first-order valence-electron chi connectivity index (χ1n) is 5.64. The van der Waals surface area contributed by atoms with Crippen LogP contribution in [0.15, 0.2) is 24.4 Å². The van der Waals surface area contributed by atoms with Gasteiger partial charge in [-0.1, -0.05) is 6.07 Å². The second-order valence-corrected chi connectivity index (χ2v) is 4.86. The van der Waals surface area contributed by atoms with E-state index in [4.69, 9.17) is 5.11 Å². The van der Waals surface area contributed by atoms with Crippen molar-refractivity contribution in [3.63, 3.8) is 0 Å². The lowest BCUT2D eigenvalue weighted by Crippen LogP contribution is -2.27. The number of alkyl halides is 3. The van der Waals surface area contributed by atoms with E-state index in [2.05, 4.69) is 10.3 Å². The number of pyridine rings is 1. The van der Waals surface area contributed by atoms with Gasteiger partial charge in [0.15, 0.2) is 0 Å². The van der Waals surface area contributed by atoms with Crippen molar-refractivity contribution >= 4 is 29.7 Å². The lowest BCUT2D eigenvalue weighted by molar-refractivity contribution is -0.131. The average Bonchev–Trinajstić information content (AvgIpc) is 2.40. The molecule has 114 valence electrons. The van der Waals surface area contributed by atoms with Gasteiger partial charge < -0.3 is 10.4 Å². The molecule has 0 radical (unpaired) electrons. The minimum atomic E-state index is -4.32. The van der Waals surface area contributed by atoms with Crippen LogP contribution < -0.4 is 5.32 Å². The fourth-order valence-electron chi connectivity index (χ4n) is 1.23. The highest BCUT2D eigenvalue weighted by atomic mass is 32.2. The minimum absolute atomic E-state index is 0.0412. The zero-order valence-electron chi connectivity index (χ0n) is 10.6. The predicted molar refractivity (Wildman–Crippen MR) is 71.8 cm³/mol. The van der Waals surface area contributed by atoms with E-state index in [1.165, 1.54) is 24.4 Å². The summed E-state index contributed by atoms with van der Waals surface area (Å²) in [6.07, 6.45) is 3.51. The standard InChI is InChI=1S/C12H11F3N2O3S/c13-12(14,15)21-6-5-16-11(20)9-3-1-8(7-17-9)2-4-10(18)19/h1-4,7H,5-6H2,(H,16,20)(H,18,19)/b4-2+. The molecule has 0 aliphatic carbocycles. The Labute approximate surface area is 122 Å². The molecular weight excluding hydrogens is 309 g/mol. The van der Waals surface area contributed by atoms with E-state index >= 15 is 0 Å². The van der Waals surface area contributed by atoms with Crippen LogP contribution >= 0.6 is 11.8 Å². The molecule has 5 nitrogen and oxygen atoms in total. The topological polar surface area (TPSA) is 79.3 Å². The Morgan fingerprint density at radius 3 is 2.62 bits per heavy atom. The molecule has 2 N–H and O–H groups in total. The second-order valence-electron chi connectivity index (χ2n) is 3.70. The molecule has 1 aromatic rings. The third kappa shape index (κ3) is 7.35. The number of amides is 1. The van der Waals surface area contributed by atoms with Crippen molar-refractivity contribution in [3.05, 3.63) is 35.7 Å². The Bertz CT molecular complexity index is 530. The molecule has 0 saturated heterocycles. The van der Waals surface area contributed by atoms with E-state index < -0.39 is 17.4 Å². The van der Waals surface area contributed by atoms with E-state index in [9.17, 15) is 22.8 Å². The van der Waals surface area contributed by atoms with Gasteiger partial charge in [-0.15, -0.1) is 0 Å². The molecule has 9 heteroatoms. The lowest BCUT2D eigenvalue weighted by Gasteiger charge is -2.06. The predicted octanol–water partition coefficient (Wildman–Crippen LogP) is 2.16. The van der Waals surface area contributed by atoms with Crippen LogP contribution in [0.5, 0.6) is 0 Å². The summed E-state index contributed by atoms with van der Waals surface area (Å²) in [7, 11) is 0. The van der Waals surface area contributed by atoms with Crippen molar-refractivity contribution in [2.24, 2.45) is 0 Å². The van der Waals surface area contributed by atoms with Crippen molar-refractivity contribution in [3.8, 4) is 0 Å². The van der Waals surface area contributed by atoms with Gasteiger partial charge in [0.05, 0.1) is 0 Å². The molecule has 0 bridgehead atoms. The van der Waals surface area contributed by atoms with Crippen LogP contribution in [0.25, 0.3) is 6.08 Å². The molecule has 1 amide bonds. The van der Waals surface area contributed by atoms with Gasteiger partial charge in [-0.3, -0.25) is 9.78 Å². The number of carbonyl (C=O) groups excluding carboxylic acids is 1. The molecule has 21 heavy (non-hydrogen) atoms. The Kier molecular flexibility index (Phi) is 6.22.